The number of hydrogen-bond acceptors (Lipinski definition) is 17. The standard InChI is InChI=1S/C111H136N14O13/c1-23-82-90(24-2)123(79-46-34-31-35-47-79)96-68-91(73(5)60-87(96)115-82)120(104(131)136-109(14,15)16)55-43-28-25-40-52-112-99(126)76-63-77(100(127)113-53-41-26-29-44-56-121(105(132)137-110(17,18)19)92-69-97-88(61-74(92)6)116-85-58-71(3)83(118-102(129)134-107(8,9)10)66-94(85)124(97)80-48-36-32-37-49-80)65-78(64-76)101(128)114-54-42-27-30-45-57-122(106(133)138-111(20,21)22)93-70-98-89(62-75(93)7)117-86-59-72(4)84(119-103(130)135-108(11,12)13)67-95(86)125(98)81-50-38-33-39-51-81/h23-24,31-39,46-51,58-70,115H,25-30,40-45,52-57H2,1-22H3,(H3,112,113,114,126,127,128)/p+2/b82-23+,90-24+. The van der Waals surface area contributed by atoms with Crippen molar-refractivity contribution < 1.29 is 71.2 Å². The molecule has 0 unspecified atom stereocenters. The molecule has 0 spiro atoms. The van der Waals surface area contributed by atoms with E-state index in [2.05, 4.69) is 82.4 Å². The lowest BCUT2D eigenvalue weighted by molar-refractivity contribution is -0.538. The van der Waals surface area contributed by atoms with E-state index in [9.17, 15) is 38.4 Å². The number of carbonyl (C=O) groups excluding carboxylic acids is 8. The zero-order valence-corrected chi connectivity index (χ0v) is 84.4. The number of allylic oxidation sites excluding steroid dienone is 2. The summed E-state index contributed by atoms with van der Waals surface area (Å²) in [4.78, 5) is 131. The first-order valence-electron chi connectivity index (χ1n) is 48.2. The maximum Gasteiger partial charge on any atom is 0.414 e. The van der Waals surface area contributed by atoms with Gasteiger partial charge in [0.1, 0.15) is 50.1 Å². The second-order valence-corrected chi connectivity index (χ2v) is 40.4. The molecule has 728 valence electrons. The lowest BCUT2D eigenvalue weighted by Gasteiger charge is -2.37. The largest absolute Gasteiger partial charge is 0.444 e. The summed E-state index contributed by atoms with van der Waals surface area (Å²) >= 11 is 0. The number of benzene rings is 9. The van der Waals surface area contributed by atoms with E-state index in [1.807, 2.05) is 280 Å². The van der Waals surface area contributed by atoms with Crippen LogP contribution in [0.1, 0.15) is 254 Å². The molecule has 1 aliphatic rings. The average Bonchev–Trinajstić information content (AvgIpc) is 0.747. The summed E-state index contributed by atoms with van der Waals surface area (Å²) in [5, 5.41) is 18.7. The van der Waals surface area contributed by atoms with E-state index >= 15 is 0 Å². The van der Waals surface area contributed by atoms with Crippen molar-refractivity contribution in [3.8, 4) is 11.4 Å². The number of aryl methyl sites for hydroxylation is 5. The molecule has 0 atom stereocenters. The maximum atomic E-state index is 14.5. The number of rotatable bonds is 32. The molecule has 12 rings (SSSR count). The summed E-state index contributed by atoms with van der Waals surface area (Å²) in [5.74, 6) is -1.40. The Morgan fingerprint density at radius 2 is 0.674 bits per heavy atom. The van der Waals surface area contributed by atoms with Crippen LogP contribution in [0.5, 0.6) is 0 Å². The van der Waals surface area contributed by atoms with E-state index in [1.54, 1.807) is 14.7 Å². The Morgan fingerprint density at radius 1 is 0.362 bits per heavy atom. The van der Waals surface area contributed by atoms with Crippen molar-refractivity contribution in [1.29, 1.82) is 0 Å². The Morgan fingerprint density at radius 3 is 1.01 bits per heavy atom. The van der Waals surface area contributed by atoms with E-state index < -0.39 is 76.2 Å². The van der Waals surface area contributed by atoms with Crippen molar-refractivity contribution in [3.05, 3.63) is 238 Å². The first kappa shape index (κ1) is 103. The van der Waals surface area contributed by atoms with Crippen LogP contribution in [0.2, 0.25) is 0 Å². The number of aromatic nitrogens is 4. The molecule has 0 saturated carbocycles. The molecule has 0 saturated heterocycles. The quantitative estimate of drug-likeness (QED) is 0.00988. The number of anilines is 8. The molecule has 2 aromatic heterocycles. The number of unbranched alkanes of at least 4 members (excludes halogenated alkanes) is 9. The van der Waals surface area contributed by atoms with Crippen molar-refractivity contribution in [3.63, 3.8) is 0 Å². The summed E-state index contributed by atoms with van der Waals surface area (Å²) in [6.07, 6.45) is 9.10. The summed E-state index contributed by atoms with van der Waals surface area (Å²) < 4.78 is 33.8. The number of nitrogens with one attached hydrogen (secondary N) is 6. The Hall–Kier alpha value is -14.0. The van der Waals surface area contributed by atoms with Gasteiger partial charge in [-0.05, 0) is 285 Å². The molecule has 9 aromatic carbocycles. The SMILES string of the molecule is C/C=C1/Nc2cc(C)c(N(CCCCCCNC(=O)c3cc(C(=O)NCCCCCCN(C(=O)OC(C)(C)C)c4cc5c(cc4C)nc4cc(C)c(NC(=O)OC(C)(C)C)cc4[n+]5-c4ccccc4)cc(C(=O)NCCCCCCN(C(=O)OC(C)(C)C)c4cc5c(cc4C)nc4cc(C)c(NC(=O)OC(C)(C)C)cc4[n+]5-c4ccccc4)c3)C(=O)OC(C)(C)C)cc2N(c2ccccc2)/C1=C/C. The van der Waals surface area contributed by atoms with Crippen LogP contribution in [-0.4, -0.2) is 125 Å². The Kier molecular flexibility index (Phi) is 33.2. The van der Waals surface area contributed by atoms with E-state index in [4.69, 9.17) is 33.7 Å². The maximum absolute atomic E-state index is 14.5. The van der Waals surface area contributed by atoms with Gasteiger partial charge in [-0.1, -0.05) is 105 Å². The van der Waals surface area contributed by atoms with E-state index in [-0.39, 0.29) is 29.8 Å². The first-order valence-corrected chi connectivity index (χ1v) is 48.2. The van der Waals surface area contributed by atoms with Crippen molar-refractivity contribution in [1.82, 2.24) is 25.9 Å². The minimum atomic E-state index is -0.820. The van der Waals surface area contributed by atoms with Crippen LogP contribution < -0.4 is 60.6 Å². The molecule has 0 bridgehead atoms. The number of fused-ring (bicyclic) bond motifs is 5. The van der Waals surface area contributed by atoms with Crippen LogP contribution >= 0.6 is 0 Å². The van der Waals surface area contributed by atoms with Crippen molar-refractivity contribution in [2.75, 3.05) is 74.8 Å². The Labute approximate surface area is 811 Å². The third-order valence-corrected chi connectivity index (χ3v) is 23.1. The molecule has 0 fully saturated rings. The smallest absolute Gasteiger partial charge is 0.414 e. The number of nitrogens with zero attached hydrogens (tertiary/aromatic N) is 8. The zero-order chi connectivity index (χ0) is 99.9. The fourth-order valence-corrected chi connectivity index (χ4v) is 16.8. The van der Waals surface area contributed by atoms with Gasteiger partial charge in [-0.2, -0.15) is 0 Å². The summed E-state index contributed by atoms with van der Waals surface area (Å²) in [5.41, 5.74) is 15.7. The van der Waals surface area contributed by atoms with Crippen LogP contribution in [0.3, 0.4) is 0 Å². The number of hydrogen-bond donors (Lipinski definition) is 6. The van der Waals surface area contributed by atoms with Crippen LogP contribution in [0.25, 0.3) is 55.5 Å². The van der Waals surface area contributed by atoms with Crippen molar-refractivity contribution >= 4 is 138 Å². The normalized spacial score (nSPS) is 13.0. The van der Waals surface area contributed by atoms with Crippen molar-refractivity contribution in [2.45, 2.75) is 257 Å². The fourth-order valence-electron chi connectivity index (χ4n) is 16.8. The summed E-state index contributed by atoms with van der Waals surface area (Å²) in [6, 6.07) is 54.0. The molecule has 27 nitrogen and oxygen atoms in total. The minimum absolute atomic E-state index is 0.126. The highest BCUT2D eigenvalue weighted by atomic mass is 16.6. The van der Waals surface area contributed by atoms with Gasteiger partial charge in [-0.3, -0.25) is 39.7 Å². The lowest BCUT2D eigenvalue weighted by atomic mass is 10.0. The minimum Gasteiger partial charge on any atom is -0.444 e. The van der Waals surface area contributed by atoms with E-state index in [0.29, 0.717) is 164 Å². The van der Waals surface area contributed by atoms with Gasteiger partial charge in [0.15, 0.2) is 0 Å². The van der Waals surface area contributed by atoms with Gasteiger partial charge in [0, 0.05) is 110 Å². The molecule has 27 heteroatoms. The number of carbonyl (C=O) groups is 8. The summed E-state index contributed by atoms with van der Waals surface area (Å²) in [6.45, 7) is 43.0. The Balaban J connectivity index is 0.732. The van der Waals surface area contributed by atoms with Gasteiger partial charge >= 0.3 is 30.5 Å². The molecule has 8 amide bonds. The van der Waals surface area contributed by atoms with Gasteiger partial charge < -0.3 is 49.9 Å². The molecular formula is C111H138N14O13+2. The predicted molar refractivity (Wildman–Crippen MR) is 551 cm³/mol. The van der Waals surface area contributed by atoms with Gasteiger partial charge in [-0.15, -0.1) is 9.13 Å². The molecule has 0 radical (unpaired) electrons. The Bertz CT molecular complexity index is 6120. The third-order valence-electron chi connectivity index (χ3n) is 23.1. The first-order chi connectivity index (χ1) is 65.3. The van der Waals surface area contributed by atoms with Crippen LogP contribution in [-0.2, 0) is 23.7 Å². The molecule has 0 aliphatic carbocycles. The monoisotopic (exact) mass is 1880 g/mol. The molecule has 1 aliphatic heterocycles. The van der Waals surface area contributed by atoms with Gasteiger partial charge in [0.25, 0.3) is 17.7 Å². The number of ether oxygens (including phenoxy) is 5. The number of amides is 8. The van der Waals surface area contributed by atoms with Gasteiger partial charge in [0.2, 0.25) is 33.4 Å². The molecule has 6 N–H and O–H groups in total. The molecular weight excluding hydrogens is 1740 g/mol. The third kappa shape index (κ3) is 27.1. The second kappa shape index (κ2) is 44.4. The highest BCUT2D eigenvalue weighted by Gasteiger charge is 2.36. The predicted octanol–water partition coefficient (Wildman–Crippen LogP) is 24.4. The fraction of sp³-hybridized carbons (Fsp3) is 0.405. The topological polar surface area (TPSA) is 301 Å². The van der Waals surface area contributed by atoms with Crippen molar-refractivity contribution in [2.24, 2.45) is 0 Å². The van der Waals surface area contributed by atoms with Gasteiger partial charge in [-0.25, -0.2) is 33.9 Å². The van der Waals surface area contributed by atoms with Crippen LogP contribution in [0.4, 0.5) is 69.5 Å². The molecule has 138 heavy (non-hydrogen) atoms. The van der Waals surface area contributed by atoms with Crippen LogP contribution in [0.15, 0.2) is 193 Å². The average molecular weight is 1880 g/mol. The van der Waals surface area contributed by atoms with Gasteiger partial charge in [0.05, 0.1) is 51.2 Å². The lowest BCUT2D eigenvalue weighted by Crippen LogP contribution is -2.38. The highest BCUT2D eigenvalue weighted by molar-refractivity contribution is 6.05. The van der Waals surface area contributed by atoms with Crippen LogP contribution in [0, 0.1) is 34.6 Å². The molecule has 3 heterocycles. The molecule has 11 aromatic rings. The zero-order valence-electron chi connectivity index (χ0n) is 84.4. The second-order valence-electron chi connectivity index (χ2n) is 40.4. The number of para-hydroxylation sites is 3. The highest BCUT2D eigenvalue weighted by Crippen LogP contribution is 2.46. The van der Waals surface area contributed by atoms with E-state index in [0.717, 1.165) is 79.8 Å². The van der Waals surface area contributed by atoms with E-state index in [1.165, 1.54) is 18.2 Å². The summed E-state index contributed by atoms with van der Waals surface area (Å²) in [7, 11) is 0.